The van der Waals surface area contributed by atoms with Crippen molar-refractivity contribution in [2.75, 3.05) is 0 Å². The van der Waals surface area contributed by atoms with Crippen molar-refractivity contribution in [3.8, 4) is 10.6 Å². The summed E-state index contributed by atoms with van der Waals surface area (Å²) in [5.41, 5.74) is 2.55. The molecule has 3 aromatic rings. The van der Waals surface area contributed by atoms with Crippen molar-refractivity contribution in [2.24, 2.45) is 5.41 Å². The third-order valence-corrected chi connectivity index (χ3v) is 9.56. The number of fused-ring (bicyclic) bond motifs is 1. The normalized spacial score (nSPS) is 29.9. The van der Waals surface area contributed by atoms with Gasteiger partial charge in [-0.05, 0) is 56.7 Å². The van der Waals surface area contributed by atoms with Crippen molar-refractivity contribution in [1.29, 1.82) is 0 Å². The van der Waals surface area contributed by atoms with Crippen LogP contribution < -0.4 is 5.32 Å². The monoisotopic (exact) mass is 475 g/mol. The number of amides is 1. The zero-order chi connectivity index (χ0) is 23.4. The number of likely N-dealkylation sites (tertiary alicyclic amines) is 1. The van der Waals surface area contributed by atoms with Crippen LogP contribution in [0.3, 0.4) is 0 Å². The number of piperidine rings is 1. The van der Waals surface area contributed by atoms with Crippen LogP contribution in [0, 0.1) is 18.2 Å². The quantitative estimate of drug-likeness (QED) is 0.533. The molecule has 176 valence electrons. The Hall–Kier alpha value is -2.57. The van der Waals surface area contributed by atoms with Gasteiger partial charge in [0, 0.05) is 35.1 Å². The Balaban J connectivity index is 1.36. The largest absolute Gasteiger partial charge is 0.330 e. The number of nitrogens with zero attached hydrogens (tertiary/aromatic N) is 2. The van der Waals surface area contributed by atoms with Crippen molar-refractivity contribution >= 4 is 17.2 Å². The van der Waals surface area contributed by atoms with E-state index in [0.29, 0.717) is 27.2 Å². The molecule has 0 spiro atoms. The Bertz CT molecular complexity index is 1230. The maximum Gasteiger partial charge on any atom is 0.266 e. The van der Waals surface area contributed by atoms with Crippen LogP contribution in [0.1, 0.15) is 53.5 Å². The van der Waals surface area contributed by atoms with E-state index in [2.05, 4.69) is 46.4 Å². The van der Waals surface area contributed by atoms with E-state index in [1.54, 1.807) is 12.1 Å². The highest BCUT2D eigenvalue weighted by atomic mass is 32.1. The molecule has 3 aliphatic rings. The molecule has 3 heterocycles. The molecule has 4 nitrogen and oxygen atoms in total. The zero-order valence-electron chi connectivity index (χ0n) is 19.6. The third-order valence-electron chi connectivity index (χ3n) is 8.38. The molecule has 1 N–H and O–H groups in total. The Labute approximate surface area is 204 Å². The average molecular weight is 476 g/mol. The topological polar surface area (TPSA) is 45.2 Å². The summed E-state index contributed by atoms with van der Waals surface area (Å²) in [6.45, 7) is 4.25. The Morgan fingerprint density at radius 2 is 1.94 bits per heavy atom. The predicted octanol–water partition coefficient (Wildman–Crippen LogP) is 5.61. The second kappa shape index (κ2) is 8.28. The molecule has 6 rings (SSSR count). The molecule has 34 heavy (non-hydrogen) atoms. The fourth-order valence-electron chi connectivity index (χ4n) is 6.72. The van der Waals surface area contributed by atoms with E-state index in [9.17, 15) is 9.18 Å². The van der Waals surface area contributed by atoms with Gasteiger partial charge in [0.05, 0.1) is 5.69 Å². The van der Waals surface area contributed by atoms with Gasteiger partial charge in [0.15, 0.2) is 0 Å². The second-order valence-electron chi connectivity index (χ2n) is 10.4. The fraction of sp³-hybridized carbons (Fsp3) is 0.429. The second-order valence-corrected chi connectivity index (χ2v) is 11.4. The molecular formula is C28H30FN3OS. The van der Waals surface area contributed by atoms with Crippen molar-refractivity contribution in [2.45, 2.75) is 70.1 Å². The van der Waals surface area contributed by atoms with Crippen molar-refractivity contribution < 1.29 is 9.18 Å². The number of nitrogens with one attached hydrogen (secondary N) is 1. The van der Waals surface area contributed by atoms with Crippen LogP contribution in [0.25, 0.3) is 10.6 Å². The molecule has 5 atom stereocenters. The lowest BCUT2D eigenvalue weighted by Crippen LogP contribution is -2.58. The van der Waals surface area contributed by atoms with Crippen LogP contribution in [-0.4, -0.2) is 40.0 Å². The Morgan fingerprint density at radius 1 is 1.18 bits per heavy atom. The minimum absolute atomic E-state index is 0.0683. The van der Waals surface area contributed by atoms with Gasteiger partial charge in [0.25, 0.3) is 5.91 Å². The average Bonchev–Trinajstić information content (AvgIpc) is 3.37. The van der Waals surface area contributed by atoms with Crippen LogP contribution in [0.5, 0.6) is 0 Å². The van der Waals surface area contributed by atoms with Gasteiger partial charge < -0.3 is 10.2 Å². The van der Waals surface area contributed by atoms with Crippen molar-refractivity contribution in [1.82, 2.24) is 15.2 Å². The van der Waals surface area contributed by atoms with Crippen LogP contribution in [0.2, 0.25) is 0 Å². The van der Waals surface area contributed by atoms with Crippen LogP contribution in [0.4, 0.5) is 4.39 Å². The number of aryl methyl sites for hydroxylation is 1. The molecule has 1 amide bonds. The number of benzene rings is 2. The molecule has 6 heteroatoms. The van der Waals surface area contributed by atoms with Gasteiger partial charge in [-0.1, -0.05) is 49.4 Å². The Morgan fingerprint density at radius 3 is 2.74 bits per heavy atom. The highest BCUT2D eigenvalue weighted by Gasteiger charge is 2.61. The first-order valence-electron chi connectivity index (χ1n) is 12.3. The van der Waals surface area contributed by atoms with Crippen molar-refractivity contribution in [3.05, 3.63) is 76.5 Å². The SMILES string of the molecule is Cc1nc(-c2ccccc2F)sc1C(=O)N1[C@H]2CCC[C@H]3N[C@H](Cc4ccccc4)[C@@H]1C[C@@]23C. The van der Waals surface area contributed by atoms with Crippen LogP contribution in [-0.2, 0) is 6.42 Å². The lowest BCUT2D eigenvalue weighted by Gasteiger charge is -2.46. The van der Waals surface area contributed by atoms with Gasteiger partial charge in [0.1, 0.15) is 15.7 Å². The number of halogens is 1. The summed E-state index contributed by atoms with van der Waals surface area (Å²) in [6.07, 6.45) is 5.30. The summed E-state index contributed by atoms with van der Waals surface area (Å²) in [5, 5.41) is 4.55. The summed E-state index contributed by atoms with van der Waals surface area (Å²) in [6, 6.07) is 18.3. The minimum atomic E-state index is -0.304. The number of rotatable bonds is 4. The molecular weight excluding hydrogens is 445 g/mol. The number of carbonyl (C=O) groups is 1. The van der Waals surface area contributed by atoms with Gasteiger partial charge in [-0.2, -0.15) is 0 Å². The van der Waals surface area contributed by atoms with Crippen LogP contribution >= 0.6 is 11.3 Å². The van der Waals surface area contributed by atoms with Gasteiger partial charge in [-0.3, -0.25) is 4.79 Å². The lowest BCUT2D eigenvalue weighted by atomic mass is 9.65. The zero-order valence-corrected chi connectivity index (χ0v) is 20.4. The number of hydrogen-bond acceptors (Lipinski definition) is 4. The molecule has 2 saturated heterocycles. The molecule has 1 saturated carbocycles. The van der Waals surface area contributed by atoms with E-state index in [0.717, 1.165) is 25.7 Å². The number of hydrogen-bond donors (Lipinski definition) is 1. The third kappa shape index (κ3) is 3.42. The summed E-state index contributed by atoms with van der Waals surface area (Å²) in [4.78, 5) is 21.6. The van der Waals surface area contributed by atoms with E-state index in [-0.39, 0.29) is 35.3 Å². The van der Waals surface area contributed by atoms with E-state index in [1.165, 1.54) is 29.4 Å². The summed E-state index contributed by atoms with van der Waals surface area (Å²) >= 11 is 1.33. The summed E-state index contributed by atoms with van der Waals surface area (Å²) in [5.74, 6) is -0.235. The van der Waals surface area contributed by atoms with Gasteiger partial charge in [-0.15, -0.1) is 11.3 Å². The van der Waals surface area contributed by atoms with Gasteiger partial charge in [0.2, 0.25) is 0 Å². The standard InChI is InChI=1S/C28H30FN3OS/c1-17-25(34-26(30-17)19-11-6-7-12-20(19)29)27(33)32-22-16-28(2)23(13-8-14-24(28)32)31-21(22)15-18-9-4-3-5-10-18/h3-7,9-12,21-24,31H,8,13-16H2,1-2H3/t21-,22+,23-,24+,28-/m1/s1. The first-order valence-corrected chi connectivity index (χ1v) is 13.1. The highest BCUT2D eigenvalue weighted by molar-refractivity contribution is 7.17. The van der Waals surface area contributed by atoms with Gasteiger partial charge in [-0.25, -0.2) is 9.37 Å². The first kappa shape index (κ1) is 21.9. The molecule has 0 unspecified atom stereocenters. The Kier molecular flexibility index (Phi) is 5.34. The van der Waals surface area contributed by atoms with Crippen molar-refractivity contribution in [3.63, 3.8) is 0 Å². The number of carbonyl (C=O) groups excluding carboxylic acids is 1. The maximum absolute atomic E-state index is 14.4. The molecule has 2 aromatic carbocycles. The van der Waals surface area contributed by atoms with E-state index in [4.69, 9.17) is 0 Å². The molecule has 0 radical (unpaired) electrons. The minimum Gasteiger partial charge on any atom is -0.330 e. The molecule has 2 bridgehead atoms. The smallest absolute Gasteiger partial charge is 0.266 e. The first-order chi connectivity index (χ1) is 16.5. The van der Waals surface area contributed by atoms with E-state index in [1.807, 2.05) is 19.1 Å². The number of thiazole rings is 1. The van der Waals surface area contributed by atoms with E-state index < -0.39 is 0 Å². The predicted molar refractivity (Wildman–Crippen MR) is 133 cm³/mol. The maximum atomic E-state index is 14.4. The van der Waals surface area contributed by atoms with E-state index >= 15 is 0 Å². The number of aromatic nitrogens is 1. The molecule has 2 aliphatic heterocycles. The summed E-state index contributed by atoms with van der Waals surface area (Å²) < 4.78 is 14.4. The van der Waals surface area contributed by atoms with Gasteiger partial charge >= 0.3 is 0 Å². The fourth-order valence-corrected chi connectivity index (χ4v) is 7.76. The highest BCUT2D eigenvalue weighted by Crippen LogP contribution is 2.54. The summed E-state index contributed by atoms with van der Waals surface area (Å²) in [7, 11) is 0. The molecule has 1 aliphatic carbocycles. The molecule has 3 fully saturated rings. The van der Waals surface area contributed by atoms with Crippen LogP contribution in [0.15, 0.2) is 54.6 Å². The molecule has 1 aromatic heterocycles. The lowest BCUT2D eigenvalue weighted by molar-refractivity contribution is 0.0562.